The molecule has 0 radical (unpaired) electrons. The molecule has 1 N–H and O–H groups in total. The molecule has 1 aliphatic heterocycles. The van der Waals surface area contributed by atoms with Crippen molar-refractivity contribution in [2.75, 3.05) is 13.2 Å². The fourth-order valence-electron chi connectivity index (χ4n) is 1.61. The second-order valence-electron chi connectivity index (χ2n) is 4.08. The quantitative estimate of drug-likeness (QED) is 0.671. The summed E-state index contributed by atoms with van der Waals surface area (Å²) < 4.78 is 5.06. The Balaban J connectivity index is 2.11. The molecule has 1 aliphatic carbocycles. The first-order valence-electron chi connectivity index (χ1n) is 4.70. The van der Waals surface area contributed by atoms with Crippen molar-refractivity contribution in [3.63, 3.8) is 0 Å². The first-order chi connectivity index (χ1) is 6.53. The minimum Gasteiger partial charge on any atom is -0.479 e. The van der Waals surface area contributed by atoms with E-state index in [1.54, 1.807) is 4.90 Å². The van der Waals surface area contributed by atoms with Gasteiger partial charge in [0.1, 0.15) is 6.61 Å². The normalized spacial score (nSPS) is 33.2. The Morgan fingerprint density at radius 3 is 2.79 bits per heavy atom. The average molecular weight is 199 g/mol. The lowest BCUT2D eigenvalue weighted by Crippen LogP contribution is -2.57. The van der Waals surface area contributed by atoms with Crippen LogP contribution in [-0.2, 0) is 14.3 Å². The van der Waals surface area contributed by atoms with Gasteiger partial charge in [0.2, 0.25) is 5.91 Å². The van der Waals surface area contributed by atoms with E-state index in [4.69, 9.17) is 9.84 Å². The van der Waals surface area contributed by atoms with Gasteiger partial charge in [-0.25, -0.2) is 4.79 Å². The van der Waals surface area contributed by atoms with E-state index in [0.717, 1.165) is 12.8 Å². The second kappa shape index (κ2) is 2.95. The highest BCUT2D eigenvalue weighted by Gasteiger charge is 2.46. The van der Waals surface area contributed by atoms with Crippen molar-refractivity contribution in [1.29, 1.82) is 0 Å². The number of hydrogen-bond donors (Lipinski definition) is 1. The van der Waals surface area contributed by atoms with Crippen molar-refractivity contribution >= 4 is 11.9 Å². The molecule has 1 unspecified atom stereocenters. The van der Waals surface area contributed by atoms with Crippen LogP contribution < -0.4 is 0 Å². The lowest BCUT2D eigenvalue weighted by Gasteiger charge is -2.37. The van der Waals surface area contributed by atoms with Crippen LogP contribution >= 0.6 is 0 Å². The van der Waals surface area contributed by atoms with Gasteiger partial charge in [-0.05, 0) is 19.8 Å². The Morgan fingerprint density at radius 1 is 1.64 bits per heavy atom. The van der Waals surface area contributed by atoms with Gasteiger partial charge in [0.25, 0.3) is 0 Å². The van der Waals surface area contributed by atoms with Crippen LogP contribution in [-0.4, -0.2) is 46.7 Å². The highest BCUT2D eigenvalue weighted by molar-refractivity contribution is 5.84. The van der Waals surface area contributed by atoms with E-state index in [0.29, 0.717) is 0 Å². The van der Waals surface area contributed by atoms with E-state index in [1.807, 2.05) is 0 Å². The van der Waals surface area contributed by atoms with Crippen molar-refractivity contribution in [3.05, 3.63) is 0 Å². The highest BCUT2D eigenvalue weighted by atomic mass is 16.5. The van der Waals surface area contributed by atoms with Crippen LogP contribution in [0.4, 0.5) is 0 Å². The Hall–Kier alpha value is -1.10. The van der Waals surface area contributed by atoms with Crippen molar-refractivity contribution in [2.45, 2.75) is 31.4 Å². The molecule has 1 saturated carbocycles. The van der Waals surface area contributed by atoms with Gasteiger partial charge in [-0.3, -0.25) is 4.79 Å². The first-order valence-corrected chi connectivity index (χ1v) is 4.70. The van der Waals surface area contributed by atoms with E-state index in [1.165, 1.54) is 6.92 Å². The first kappa shape index (κ1) is 9.45. The molecule has 1 heterocycles. The third kappa shape index (κ3) is 1.48. The number of carboxylic acid groups (broad SMARTS) is 1. The van der Waals surface area contributed by atoms with Crippen LogP contribution in [0.3, 0.4) is 0 Å². The van der Waals surface area contributed by atoms with Gasteiger partial charge < -0.3 is 14.7 Å². The summed E-state index contributed by atoms with van der Waals surface area (Å²) in [5.41, 5.74) is -1.23. The Bertz CT molecular complexity index is 287. The van der Waals surface area contributed by atoms with Crippen LogP contribution in [0.25, 0.3) is 0 Å². The summed E-state index contributed by atoms with van der Waals surface area (Å²) in [4.78, 5) is 23.9. The lowest BCUT2D eigenvalue weighted by atomic mass is 10.0. The molecule has 5 heteroatoms. The maximum absolute atomic E-state index is 11.4. The summed E-state index contributed by atoms with van der Waals surface area (Å²) in [5.74, 6) is -1.10. The fraction of sp³-hybridized carbons (Fsp3) is 0.778. The number of rotatable bonds is 2. The Morgan fingerprint density at radius 2 is 2.29 bits per heavy atom. The van der Waals surface area contributed by atoms with E-state index < -0.39 is 11.6 Å². The van der Waals surface area contributed by atoms with Crippen molar-refractivity contribution < 1.29 is 19.4 Å². The molecule has 0 aromatic rings. The van der Waals surface area contributed by atoms with Gasteiger partial charge in [0, 0.05) is 6.04 Å². The number of carbonyl (C=O) groups excluding carboxylic acids is 1. The second-order valence-corrected chi connectivity index (χ2v) is 4.08. The van der Waals surface area contributed by atoms with Gasteiger partial charge >= 0.3 is 5.97 Å². The number of amides is 1. The molecule has 5 nitrogen and oxygen atoms in total. The van der Waals surface area contributed by atoms with Crippen LogP contribution in [0.2, 0.25) is 0 Å². The molecule has 0 aromatic heterocycles. The van der Waals surface area contributed by atoms with E-state index in [9.17, 15) is 9.59 Å². The number of hydrogen-bond acceptors (Lipinski definition) is 3. The topological polar surface area (TPSA) is 66.8 Å². The number of carboxylic acids is 1. The molecule has 0 aromatic carbocycles. The van der Waals surface area contributed by atoms with E-state index >= 15 is 0 Å². The molecule has 14 heavy (non-hydrogen) atoms. The van der Waals surface area contributed by atoms with E-state index in [-0.39, 0.29) is 25.1 Å². The molecular weight excluding hydrogens is 186 g/mol. The van der Waals surface area contributed by atoms with Gasteiger partial charge in [-0.15, -0.1) is 0 Å². The zero-order valence-electron chi connectivity index (χ0n) is 8.02. The Labute approximate surface area is 81.6 Å². The monoisotopic (exact) mass is 199 g/mol. The minimum atomic E-state index is -1.23. The summed E-state index contributed by atoms with van der Waals surface area (Å²) in [5, 5.41) is 8.94. The highest BCUT2D eigenvalue weighted by Crippen LogP contribution is 2.31. The molecule has 2 rings (SSSR count). The van der Waals surface area contributed by atoms with Gasteiger partial charge in [-0.1, -0.05) is 0 Å². The average Bonchev–Trinajstić information content (AvgIpc) is 2.92. The van der Waals surface area contributed by atoms with Crippen molar-refractivity contribution in [3.8, 4) is 0 Å². The molecule has 0 spiro atoms. The zero-order valence-corrected chi connectivity index (χ0v) is 8.02. The molecule has 1 atom stereocenters. The molecular formula is C9H13NO4. The lowest BCUT2D eigenvalue weighted by molar-refractivity contribution is -0.181. The predicted molar refractivity (Wildman–Crippen MR) is 46.7 cm³/mol. The summed E-state index contributed by atoms with van der Waals surface area (Å²) in [6.07, 6.45) is 1.98. The fourth-order valence-corrected chi connectivity index (χ4v) is 1.61. The van der Waals surface area contributed by atoms with Crippen molar-refractivity contribution in [1.82, 2.24) is 4.90 Å². The molecule has 1 saturated heterocycles. The van der Waals surface area contributed by atoms with Crippen LogP contribution in [0.1, 0.15) is 19.8 Å². The van der Waals surface area contributed by atoms with Gasteiger partial charge in [0.05, 0.1) is 6.54 Å². The summed E-state index contributed by atoms with van der Waals surface area (Å²) >= 11 is 0. The molecule has 2 aliphatic rings. The standard InChI is InChI=1S/C9H13NO4/c1-9(8(12)13)5-10(6-2-3-6)7(11)4-14-9/h6H,2-5H2,1H3,(H,12,13). The molecule has 2 fully saturated rings. The third-order valence-corrected chi connectivity index (χ3v) is 2.75. The third-order valence-electron chi connectivity index (χ3n) is 2.75. The van der Waals surface area contributed by atoms with Crippen LogP contribution in [0.5, 0.6) is 0 Å². The number of ether oxygens (including phenoxy) is 1. The van der Waals surface area contributed by atoms with Crippen LogP contribution in [0, 0.1) is 0 Å². The maximum Gasteiger partial charge on any atom is 0.337 e. The number of aliphatic carboxylic acids is 1. The van der Waals surface area contributed by atoms with Gasteiger partial charge in [0.15, 0.2) is 5.60 Å². The van der Waals surface area contributed by atoms with Gasteiger partial charge in [-0.2, -0.15) is 0 Å². The Kier molecular flexibility index (Phi) is 1.99. The largest absolute Gasteiger partial charge is 0.479 e. The minimum absolute atomic E-state index is 0.0915. The summed E-state index contributed by atoms with van der Waals surface area (Å²) in [6, 6.07) is 0.255. The van der Waals surface area contributed by atoms with Crippen LogP contribution in [0.15, 0.2) is 0 Å². The summed E-state index contributed by atoms with van der Waals surface area (Å²) in [7, 11) is 0. The number of nitrogens with zero attached hydrogens (tertiary/aromatic N) is 1. The molecule has 78 valence electrons. The summed E-state index contributed by atoms with van der Waals surface area (Å²) in [6.45, 7) is 1.57. The number of carbonyl (C=O) groups is 2. The predicted octanol–water partition coefficient (Wildman–Crippen LogP) is -0.149. The van der Waals surface area contributed by atoms with E-state index in [2.05, 4.69) is 0 Å². The number of morpholine rings is 1. The zero-order chi connectivity index (χ0) is 10.3. The SMILES string of the molecule is CC1(C(=O)O)CN(C2CC2)C(=O)CO1. The van der Waals surface area contributed by atoms with Crippen molar-refractivity contribution in [2.24, 2.45) is 0 Å². The smallest absolute Gasteiger partial charge is 0.337 e. The molecule has 0 bridgehead atoms. The molecule has 1 amide bonds. The maximum atomic E-state index is 11.4.